The number of anilines is 2. The fourth-order valence-electron chi connectivity index (χ4n) is 2.26. The van der Waals surface area contributed by atoms with Crippen LogP contribution in [0.15, 0.2) is 12.3 Å². The molecule has 1 aliphatic heterocycles. The van der Waals surface area contributed by atoms with Gasteiger partial charge in [0.2, 0.25) is 11.8 Å². The van der Waals surface area contributed by atoms with Crippen molar-refractivity contribution in [2.75, 3.05) is 44.6 Å². The number of methoxy groups -OCH3 is 1. The van der Waals surface area contributed by atoms with Crippen molar-refractivity contribution in [1.29, 1.82) is 0 Å². The fourth-order valence-corrected chi connectivity index (χ4v) is 2.26. The molecule has 1 saturated heterocycles. The summed E-state index contributed by atoms with van der Waals surface area (Å²) in [6.07, 6.45) is 1.63. The normalized spacial score (nSPS) is 24.7. The Bertz CT molecular complexity index is 535. The van der Waals surface area contributed by atoms with Gasteiger partial charge >= 0.3 is 0 Å². The first-order chi connectivity index (χ1) is 9.90. The van der Waals surface area contributed by atoms with E-state index in [4.69, 9.17) is 15.2 Å². The molecule has 1 aromatic rings. The Hall–Kier alpha value is -1.86. The van der Waals surface area contributed by atoms with E-state index in [1.54, 1.807) is 13.1 Å². The van der Waals surface area contributed by atoms with Crippen LogP contribution in [0.2, 0.25) is 0 Å². The molecular weight excluding hydrogens is 272 g/mol. The molecule has 2 rings (SSSR count). The van der Waals surface area contributed by atoms with Crippen LogP contribution in [0.5, 0.6) is 5.88 Å². The monoisotopic (exact) mass is 294 g/mol. The zero-order valence-corrected chi connectivity index (χ0v) is 12.8. The van der Waals surface area contributed by atoms with E-state index in [0.29, 0.717) is 24.8 Å². The zero-order chi connectivity index (χ0) is 15.6. The van der Waals surface area contributed by atoms with Crippen molar-refractivity contribution in [3.05, 3.63) is 12.3 Å². The van der Waals surface area contributed by atoms with Gasteiger partial charge in [0.25, 0.3) is 0 Å². The van der Waals surface area contributed by atoms with E-state index in [-0.39, 0.29) is 11.9 Å². The van der Waals surface area contributed by atoms with Crippen LogP contribution in [-0.2, 0) is 9.53 Å². The van der Waals surface area contributed by atoms with Crippen LogP contribution in [0.25, 0.3) is 0 Å². The molecule has 0 spiro atoms. The van der Waals surface area contributed by atoms with E-state index in [1.807, 2.05) is 25.1 Å². The molecule has 1 aromatic heterocycles. The predicted molar refractivity (Wildman–Crippen MR) is 80.6 cm³/mol. The van der Waals surface area contributed by atoms with Crippen LogP contribution < -0.4 is 20.7 Å². The SMILES string of the molecule is COc1nccc(N(C)C)c1NC(=O)C1(C)COCC1N. The van der Waals surface area contributed by atoms with E-state index in [0.717, 1.165) is 5.69 Å². The fraction of sp³-hybridized carbons (Fsp3) is 0.571. The van der Waals surface area contributed by atoms with E-state index in [9.17, 15) is 4.79 Å². The van der Waals surface area contributed by atoms with Crippen molar-refractivity contribution in [2.45, 2.75) is 13.0 Å². The third-order valence-corrected chi connectivity index (χ3v) is 3.84. The van der Waals surface area contributed by atoms with Crippen molar-refractivity contribution in [1.82, 2.24) is 4.98 Å². The van der Waals surface area contributed by atoms with Crippen LogP contribution in [0.4, 0.5) is 11.4 Å². The number of aromatic nitrogens is 1. The first-order valence-corrected chi connectivity index (χ1v) is 6.75. The van der Waals surface area contributed by atoms with Gasteiger partial charge in [-0.1, -0.05) is 0 Å². The van der Waals surface area contributed by atoms with Gasteiger partial charge in [0.1, 0.15) is 5.69 Å². The molecule has 2 atom stereocenters. The number of hydrogen-bond donors (Lipinski definition) is 2. The maximum atomic E-state index is 12.6. The highest BCUT2D eigenvalue weighted by Crippen LogP contribution is 2.35. The van der Waals surface area contributed by atoms with Gasteiger partial charge in [-0.25, -0.2) is 4.98 Å². The Morgan fingerprint density at radius 2 is 2.33 bits per heavy atom. The Balaban J connectivity index is 2.32. The maximum absolute atomic E-state index is 12.6. The molecule has 7 nitrogen and oxygen atoms in total. The minimum atomic E-state index is -0.759. The summed E-state index contributed by atoms with van der Waals surface area (Å²) in [5.41, 5.74) is 6.58. The molecule has 0 saturated carbocycles. The van der Waals surface area contributed by atoms with Crippen LogP contribution in [-0.4, -0.2) is 51.4 Å². The summed E-state index contributed by atoms with van der Waals surface area (Å²) < 4.78 is 10.6. The second-order valence-electron chi connectivity index (χ2n) is 5.60. The minimum absolute atomic E-state index is 0.193. The summed E-state index contributed by atoms with van der Waals surface area (Å²) in [6, 6.07) is 1.48. The first kappa shape index (κ1) is 15.5. The molecule has 0 radical (unpaired) electrons. The quantitative estimate of drug-likeness (QED) is 0.838. The van der Waals surface area contributed by atoms with Gasteiger partial charge in [-0.15, -0.1) is 0 Å². The van der Waals surface area contributed by atoms with E-state index >= 15 is 0 Å². The van der Waals surface area contributed by atoms with Crippen molar-refractivity contribution >= 4 is 17.3 Å². The van der Waals surface area contributed by atoms with Crippen LogP contribution in [0, 0.1) is 5.41 Å². The lowest BCUT2D eigenvalue weighted by atomic mass is 9.85. The highest BCUT2D eigenvalue weighted by atomic mass is 16.5. The van der Waals surface area contributed by atoms with Gasteiger partial charge in [-0.2, -0.15) is 0 Å². The molecule has 1 amide bonds. The Kier molecular flexibility index (Phi) is 4.34. The number of ether oxygens (including phenoxy) is 2. The van der Waals surface area contributed by atoms with Crippen molar-refractivity contribution in [2.24, 2.45) is 11.1 Å². The Labute approximate surface area is 124 Å². The van der Waals surface area contributed by atoms with Crippen LogP contribution in [0.1, 0.15) is 6.92 Å². The molecule has 3 N–H and O–H groups in total. The summed E-state index contributed by atoms with van der Waals surface area (Å²) >= 11 is 0. The third-order valence-electron chi connectivity index (χ3n) is 3.84. The Morgan fingerprint density at radius 3 is 2.86 bits per heavy atom. The molecule has 2 heterocycles. The topological polar surface area (TPSA) is 89.7 Å². The maximum Gasteiger partial charge on any atom is 0.239 e. The van der Waals surface area contributed by atoms with Gasteiger partial charge < -0.3 is 25.4 Å². The van der Waals surface area contributed by atoms with Crippen molar-refractivity contribution in [3.8, 4) is 5.88 Å². The second-order valence-corrected chi connectivity index (χ2v) is 5.60. The number of rotatable bonds is 4. The lowest BCUT2D eigenvalue weighted by molar-refractivity contribution is -0.125. The zero-order valence-electron chi connectivity index (χ0n) is 12.8. The number of amides is 1. The van der Waals surface area contributed by atoms with Gasteiger partial charge in [0.05, 0.1) is 31.4 Å². The molecule has 2 unspecified atom stereocenters. The molecular formula is C14H22N4O3. The minimum Gasteiger partial charge on any atom is -0.479 e. The number of nitrogens with zero attached hydrogens (tertiary/aromatic N) is 2. The molecule has 0 bridgehead atoms. The number of nitrogens with two attached hydrogens (primary N) is 1. The van der Waals surface area contributed by atoms with Gasteiger partial charge in [0.15, 0.2) is 0 Å². The van der Waals surface area contributed by atoms with Crippen LogP contribution >= 0.6 is 0 Å². The van der Waals surface area contributed by atoms with Crippen molar-refractivity contribution < 1.29 is 14.3 Å². The smallest absolute Gasteiger partial charge is 0.239 e. The largest absolute Gasteiger partial charge is 0.479 e. The summed E-state index contributed by atoms with van der Waals surface area (Å²) in [5.74, 6) is 0.174. The standard InChI is InChI=1S/C14H22N4O3/c1-14(8-21-7-10(14)15)13(19)17-11-9(18(2)3)5-6-16-12(11)20-4/h5-6,10H,7-8,15H2,1-4H3,(H,17,19). The van der Waals surface area contributed by atoms with E-state index < -0.39 is 5.41 Å². The summed E-state index contributed by atoms with van der Waals surface area (Å²) in [4.78, 5) is 18.6. The summed E-state index contributed by atoms with van der Waals surface area (Å²) in [5, 5.41) is 2.90. The van der Waals surface area contributed by atoms with E-state index in [1.165, 1.54) is 7.11 Å². The first-order valence-electron chi connectivity index (χ1n) is 6.75. The van der Waals surface area contributed by atoms with Crippen molar-refractivity contribution in [3.63, 3.8) is 0 Å². The summed E-state index contributed by atoms with van der Waals surface area (Å²) in [7, 11) is 5.29. The molecule has 116 valence electrons. The number of carbonyl (C=O) groups is 1. The third kappa shape index (κ3) is 2.79. The van der Waals surface area contributed by atoms with Gasteiger partial charge in [0, 0.05) is 26.3 Å². The van der Waals surface area contributed by atoms with E-state index in [2.05, 4.69) is 10.3 Å². The molecule has 0 aromatic carbocycles. The van der Waals surface area contributed by atoms with Gasteiger partial charge in [-0.3, -0.25) is 4.79 Å². The molecule has 1 aliphatic rings. The predicted octanol–water partition coefficient (Wildman–Crippen LogP) is 0.459. The lowest BCUT2D eigenvalue weighted by Gasteiger charge is -2.27. The average molecular weight is 294 g/mol. The highest BCUT2D eigenvalue weighted by molar-refractivity contribution is 6.00. The lowest BCUT2D eigenvalue weighted by Crippen LogP contribution is -2.47. The summed E-state index contributed by atoms with van der Waals surface area (Å²) in [6.45, 7) is 2.49. The Morgan fingerprint density at radius 1 is 1.62 bits per heavy atom. The molecule has 0 aliphatic carbocycles. The van der Waals surface area contributed by atoms with Gasteiger partial charge in [-0.05, 0) is 13.0 Å². The number of carbonyl (C=O) groups excluding carboxylic acids is 1. The number of nitrogens with one attached hydrogen (secondary N) is 1. The number of hydrogen-bond acceptors (Lipinski definition) is 6. The number of pyridine rings is 1. The average Bonchev–Trinajstić information content (AvgIpc) is 2.79. The molecule has 21 heavy (non-hydrogen) atoms. The highest BCUT2D eigenvalue weighted by Gasteiger charge is 2.44. The molecule has 1 fully saturated rings. The molecule has 7 heteroatoms. The second kappa shape index (κ2) is 5.87. The van der Waals surface area contributed by atoms with Crippen LogP contribution in [0.3, 0.4) is 0 Å².